The maximum atomic E-state index is 13.7. The molecule has 0 aliphatic heterocycles. The van der Waals surface area contributed by atoms with Gasteiger partial charge < -0.3 is 4.74 Å². The fraction of sp³-hybridized carbons (Fsp3) is 0.231. The molecule has 0 saturated heterocycles. The molecule has 0 unspecified atom stereocenters. The van der Waals surface area contributed by atoms with Gasteiger partial charge in [0.05, 0.1) is 18.9 Å². The molecule has 0 atom stereocenters. The van der Waals surface area contributed by atoms with Crippen LogP contribution in [-0.2, 0) is 11.0 Å². The van der Waals surface area contributed by atoms with Crippen molar-refractivity contribution in [2.75, 3.05) is 7.11 Å². The minimum absolute atomic E-state index is 0.120. The summed E-state index contributed by atoms with van der Waals surface area (Å²) in [5, 5.41) is 3.20. The molecule has 0 N–H and O–H groups in total. The van der Waals surface area contributed by atoms with Gasteiger partial charge in [0.1, 0.15) is 5.82 Å². The second-order valence-electron chi connectivity index (χ2n) is 4.28. The van der Waals surface area contributed by atoms with Gasteiger partial charge in [0.25, 0.3) is 0 Å². The molecule has 4 nitrogen and oxygen atoms in total. The van der Waals surface area contributed by atoms with Gasteiger partial charge in [-0.15, -0.1) is 13.2 Å². The molecule has 0 spiro atoms. The SMILES string of the molecule is COC(=O)c1cc(-c2cnn(C(F)(F)F)c2)c(C)cc1F. The van der Waals surface area contributed by atoms with Crippen LogP contribution >= 0.6 is 0 Å². The summed E-state index contributed by atoms with van der Waals surface area (Å²) in [6.45, 7) is 1.52. The molecule has 112 valence electrons. The zero-order valence-corrected chi connectivity index (χ0v) is 11.0. The van der Waals surface area contributed by atoms with Crippen LogP contribution in [0.5, 0.6) is 0 Å². The molecule has 0 fully saturated rings. The Morgan fingerprint density at radius 3 is 2.52 bits per heavy atom. The van der Waals surface area contributed by atoms with E-state index in [1.54, 1.807) is 0 Å². The number of rotatable bonds is 2. The first kappa shape index (κ1) is 15.0. The average Bonchev–Trinajstić information content (AvgIpc) is 2.87. The van der Waals surface area contributed by atoms with Gasteiger partial charge in [-0.1, -0.05) is 0 Å². The number of hydrogen-bond donors (Lipinski definition) is 0. The quantitative estimate of drug-likeness (QED) is 0.632. The Bertz CT molecular complexity index is 692. The van der Waals surface area contributed by atoms with Crippen LogP contribution in [0.15, 0.2) is 24.5 Å². The third-order valence-corrected chi connectivity index (χ3v) is 2.87. The summed E-state index contributed by atoms with van der Waals surface area (Å²) in [5.41, 5.74) is 0.419. The van der Waals surface area contributed by atoms with Gasteiger partial charge in [-0.25, -0.2) is 9.18 Å². The van der Waals surface area contributed by atoms with Crippen molar-refractivity contribution in [1.29, 1.82) is 0 Å². The Morgan fingerprint density at radius 1 is 1.33 bits per heavy atom. The molecule has 1 heterocycles. The molecule has 1 aromatic carbocycles. The van der Waals surface area contributed by atoms with Crippen LogP contribution in [0.4, 0.5) is 17.6 Å². The number of esters is 1. The Balaban J connectivity index is 2.53. The molecule has 2 rings (SSSR count). The maximum absolute atomic E-state index is 13.7. The van der Waals surface area contributed by atoms with Crippen LogP contribution in [0.25, 0.3) is 11.1 Å². The van der Waals surface area contributed by atoms with Crippen molar-refractivity contribution >= 4 is 5.97 Å². The topological polar surface area (TPSA) is 44.1 Å². The predicted octanol–water partition coefficient (Wildman–Crippen LogP) is 3.26. The second kappa shape index (κ2) is 5.19. The van der Waals surface area contributed by atoms with E-state index < -0.39 is 18.1 Å². The Morgan fingerprint density at radius 2 is 2.00 bits per heavy atom. The van der Waals surface area contributed by atoms with E-state index in [2.05, 4.69) is 9.84 Å². The van der Waals surface area contributed by atoms with Crippen molar-refractivity contribution in [3.8, 4) is 11.1 Å². The van der Waals surface area contributed by atoms with E-state index in [1.807, 2.05) is 0 Å². The summed E-state index contributed by atoms with van der Waals surface area (Å²) < 4.78 is 55.5. The number of ether oxygens (including phenoxy) is 1. The molecule has 21 heavy (non-hydrogen) atoms. The van der Waals surface area contributed by atoms with Gasteiger partial charge >= 0.3 is 12.3 Å². The van der Waals surface area contributed by atoms with Gasteiger partial charge in [0, 0.05) is 11.8 Å². The number of alkyl halides is 3. The van der Waals surface area contributed by atoms with Crippen LogP contribution in [-0.4, -0.2) is 22.9 Å². The van der Waals surface area contributed by atoms with Gasteiger partial charge in [0.15, 0.2) is 0 Å². The summed E-state index contributed by atoms with van der Waals surface area (Å²) in [5.74, 6) is -1.71. The first-order chi connectivity index (χ1) is 9.74. The van der Waals surface area contributed by atoms with E-state index in [1.165, 1.54) is 6.92 Å². The number of carbonyl (C=O) groups excluding carboxylic acids is 1. The van der Waals surface area contributed by atoms with Crippen molar-refractivity contribution in [2.24, 2.45) is 0 Å². The fourth-order valence-electron chi connectivity index (χ4n) is 1.85. The lowest BCUT2D eigenvalue weighted by Crippen LogP contribution is -2.16. The number of benzene rings is 1. The summed E-state index contributed by atoms with van der Waals surface area (Å²) >= 11 is 0. The first-order valence-electron chi connectivity index (χ1n) is 5.74. The molecule has 0 amide bonds. The highest BCUT2D eigenvalue weighted by atomic mass is 19.4. The number of methoxy groups -OCH3 is 1. The van der Waals surface area contributed by atoms with Gasteiger partial charge in [-0.05, 0) is 30.2 Å². The summed E-state index contributed by atoms with van der Waals surface area (Å²) in [6.07, 6.45) is -2.88. The maximum Gasteiger partial charge on any atom is 0.504 e. The summed E-state index contributed by atoms with van der Waals surface area (Å²) in [6, 6.07) is 2.21. The lowest BCUT2D eigenvalue weighted by atomic mass is 10.00. The van der Waals surface area contributed by atoms with Crippen LogP contribution in [0.3, 0.4) is 0 Å². The van der Waals surface area contributed by atoms with Crippen molar-refractivity contribution in [3.05, 3.63) is 41.5 Å². The van der Waals surface area contributed by atoms with E-state index in [9.17, 15) is 22.4 Å². The Kier molecular flexibility index (Phi) is 3.71. The lowest BCUT2D eigenvalue weighted by molar-refractivity contribution is -0.212. The van der Waals surface area contributed by atoms with E-state index in [0.717, 1.165) is 31.6 Å². The van der Waals surface area contributed by atoms with E-state index in [4.69, 9.17) is 0 Å². The molecule has 0 aliphatic rings. The highest BCUT2D eigenvalue weighted by Gasteiger charge is 2.31. The third kappa shape index (κ3) is 2.88. The Labute approximate surface area is 116 Å². The van der Waals surface area contributed by atoms with Crippen LogP contribution in [0.1, 0.15) is 15.9 Å². The van der Waals surface area contributed by atoms with Gasteiger partial charge in [0.2, 0.25) is 0 Å². The van der Waals surface area contributed by atoms with Crippen molar-refractivity contribution < 1.29 is 27.1 Å². The molecule has 0 radical (unpaired) electrons. The van der Waals surface area contributed by atoms with Crippen molar-refractivity contribution in [3.63, 3.8) is 0 Å². The molecular formula is C13H10F4N2O2. The number of halogens is 4. The highest BCUT2D eigenvalue weighted by molar-refractivity contribution is 5.91. The monoisotopic (exact) mass is 302 g/mol. The zero-order chi connectivity index (χ0) is 15.8. The normalized spacial score (nSPS) is 11.5. The molecular weight excluding hydrogens is 292 g/mol. The lowest BCUT2D eigenvalue weighted by Gasteiger charge is -2.08. The molecule has 0 bridgehead atoms. The van der Waals surface area contributed by atoms with E-state index in [-0.39, 0.29) is 21.4 Å². The Hall–Kier alpha value is -2.38. The van der Waals surface area contributed by atoms with Gasteiger partial charge in [-0.2, -0.15) is 9.78 Å². The summed E-state index contributed by atoms with van der Waals surface area (Å²) in [4.78, 5) is 11.4. The van der Waals surface area contributed by atoms with Crippen molar-refractivity contribution in [2.45, 2.75) is 13.2 Å². The van der Waals surface area contributed by atoms with Crippen LogP contribution < -0.4 is 0 Å². The van der Waals surface area contributed by atoms with E-state index >= 15 is 0 Å². The zero-order valence-electron chi connectivity index (χ0n) is 11.0. The highest BCUT2D eigenvalue weighted by Crippen LogP contribution is 2.29. The first-order valence-corrected chi connectivity index (χ1v) is 5.74. The number of carbonyl (C=O) groups is 1. The minimum Gasteiger partial charge on any atom is -0.465 e. The number of nitrogens with zero attached hydrogens (tertiary/aromatic N) is 2. The molecule has 2 aromatic rings. The number of aromatic nitrogens is 2. The molecule has 0 saturated carbocycles. The van der Waals surface area contributed by atoms with Crippen LogP contribution in [0.2, 0.25) is 0 Å². The fourth-order valence-corrected chi connectivity index (χ4v) is 1.85. The van der Waals surface area contributed by atoms with Crippen molar-refractivity contribution in [1.82, 2.24) is 9.78 Å². The van der Waals surface area contributed by atoms with Crippen LogP contribution in [0, 0.1) is 12.7 Å². The average molecular weight is 302 g/mol. The summed E-state index contributed by atoms with van der Waals surface area (Å²) in [7, 11) is 1.09. The minimum atomic E-state index is -4.64. The molecule has 1 aromatic heterocycles. The van der Waals surface area contributed by atoms with E-state index in [0.29, 0.717) is 5.56 Å². The standard InChI is InChI=1S/C13H10F4N2O2/c1-7-3-11(14)10(12(20)21-2)4-9(7)8-5-18-19(6-8)13(15,16)17/h3-6H,1-2H3. The number of aryl methyl sites for hydroxylation is 1. The largest absolute Gasteiger partial charge is 0.504 e. The van der Waals surface area contributed by atoms with Gasteiger partial charge in [-0.3, -0.25) is 0 Å². The third-order valence-electron chi connectivity index (χ3n) is 2.87. The molecule has 0 aliphatic carbocycles. The number of hydrogen-bond acceptors (Lipinski definition) is 3. The second-order valence-corrected chi connectivity index (χ2v) is 4.28. The molecule has 8 heteroatoms. The predicted molar refractivity (Wildman–Crippen MR) is 65.0 cm³/mol. The smallest absolute Gasteiger partial charge is 0.465 e.